The number of aryl methyl sites for hydroxylation is 2. The SMILES string of the molecule is Cc1cccc(C)c1C1=C2C3=C(CCCC3)C(I)=[N+]2[B-](F)(F)n2c(I)c3c(c21)CCCC3. The van der Waals surface area contributed by atoms with E-state index in [-0.39, 0.29) is 0 Å². The first-order chi connectivity index (χ1) is 15.3. The van der Waals surface area contributed by atoms with E-state index in [0.717, 1.165) is 104 Å². The lowest BCUT2D eigenvalue weighted by molar-refractivity contribution is -0.359. The second-order valence-electron chi connectivity index (χ2n) is 9.58. The summed E-state index contributed by atoms with van der Waals surface area (Å²) in [5.41, 5.74) is 10.8. The Morgan fingerprint density at radius 1 is 0.875 bits per heavy atom. The van der Waals surface area contributed by atoms with Gasteiger partial charge >= 0.3 is 6.97 Å². The van der Waals surface area contributed by atoms with Gasteiger partial charge in [-0.1, -0.05) is 18.2 Å². The van der Waals surface area contributed by atoms with Crippen molar-refractivity contribution < 1.29 is 13.1 Å². The monoisotopic (exact) mass is 656 g/mol. The highest BCUT2D eigenvalue weighted by atomic mass is 127. The molecule has 0 fully saturated rings. The summed E-state index contributed by atoms with van der Waals surface area (Å²) >= 11 is 4.40. The van der Waals surface area contributed by atoms with Crippen LogP contribution in [0.1, 0.15) is 72.0 Å². The van der Waals surface area contributed by atoms with Gasteiger partial charge in [0.15, 0.2) is 9.42 Å². The summed E-state index contributed by atoms with van der Waals surface area (Å²) in [4.78, 5) is 0. The number of aromatic nitrogens is 1. The third kappa shape index (κ3) is 2.75. The number of nitrogens with zero attached hydrogens (tertiary/aromatic N) is 2. The molecule has 0 N–H and O–H groups in total. The minimum absolute atomic E-state index is 0.745. The van der Waals surface area contributed by atoms with Gasteiger partial charge in [-0.05, 0) is 116 Å². The number of benzene rings is 1. The molecule has 0 atom stereocenters. The molecule has 1 aromatic carbocycles. The molecule has 166 valence electrons. The molecule has 2 aromatic rings. The second-order valence-corrected chi connectivity index (χ2v) is 11.6. The lowest BCUT2D eigenvalue weighted by Gasteiger charge is -2.34. The lowest BCUT2D eigenvalue weighted by atomic mass is 9.79. The Kier molecular flexibility index (Phi) is 5.07. The fraction of sp³-hybridized carbons (Fsp3) is 0.400. The fourth-order valence-electron chi connectivity index (χ4n) is 6.37. The normalized spacial score (nSPS) is 21.6. The predicted molar refractivity (Wildman–Crippen MR) is 144 cm³/mol. The van der Waals surface area contributed by atoms with Crippen molar-refractivity contribution in [3.8, 4) is 0 Å². The van der Waals surface area contributed by atoms with E-state index in [4.69, 9.17) is 0 Å². The highest BCUT2D eigenvalue weighted by molar-refractivity contribution is 14.1. The molecule has 0 amide bonds. The minimum Gasteiger partial charge on any atom is -0.389 e. The van der Waals surface area contributed by atoms with Gasteiger partial charge in [0.1, 0.15) is 0 Å². The van der Waals surface area contributed by atoms with E-state index < -0.39 is 6.97 Å². The van der Waals surface area contributed by atoms with Gasteiger partial charge in [-0.3, -0.25) is 0 Å². The molecule has 0 bridgehead atoms. The van der Waals surface area contributed by atoms with Crippen LogP contribution in [-0.2, 0) is 12.8 Å². The average molecular weight is 656 g/mol. The van der Waals surface area contributed by atoms with Crippen LogP contribution in [0.4, 0.5) is 8.63 Å². The van der Waals surface area contributed by atoms with Gasteiger partial charge in [-0.15, -0.1) is 0 Å². The third-order valence-corrected chi connectivity index (χ3v) is 10.1. The van der Waals surface area contributed by atoms with Crippen molar-refractivity contribution in [2.75, 3.05) is 0 Å². The van der Waals surface area contributed by atoms with Crippen LogP contribution < -0.4 is 0 Å². The van der Waals surface area contributed by atoms with Gasteiger partial charge in [0.2, 0.25) is 0 Å². The summed E-state index contributed by atoms with van der Waals surface area (Å²) in [5, 5.41) is 0. The fourth-order valence-corrected chi connectivity index (χ4v) is 8.71. The highest BCUT2D eigenvalue weighted by Gasteiger charge is 2.58. The Bertz CT molecular complexity index is 1280. The van der Waals surface area contributed by atoms with Gasteiger partial charge in [0.25, 0.3) is 0 Å². The molecule has 0 spiro atoms. The summed E-state index contributed by atoms with van der Waals surface area (Å²) in [7, 11) is 0. The van der Waals surface area contributed by atoms with E-state index >= 15 is 8.63 Å². The Hall–Kier alpha value is -0.965. The topological polar surface area (TPSA) is 7.94 Å². The van der Waals surface area contributed by atoms with Crippen LogP contribution in [0.3, 0.4) is 0 Å². The zero-order valence-corrected chi connectivity index (χ0v) is 22.7. The average Bonchev–Trinajstić information content (AvgIpc) is 3.24. The summed E-state index contributed by atoms with van der Waals surface area (Å²) < 4.78 is 37.5. The molecule has 32 heavy (non-hydrogen) atoms. The van der Waals surface area contributed by atoms with Crippen LogP contribution in [0.15, 0.2) is 35.0 Å². The van der Waals surface area contributed by atoms with Crippen LogP contribution in [-0.4, -0.2) is 19.7 Å². The van der Waals surface area contributed by atoms with Crippen LogP contribution in [0.2, 0.25) is 0 Å². The van der Waals surface area contributed by atoms with Crippen LogP contribution in [0.5, 0.6) is 0 Å². The van der Waals surface area contributed by atoms with Gasteiger partial charge < -0.3 is 17.6 Å². The maximum absolute atomic E-state index is 16.5. The Balaban J connectivity index is 1.82. The lowest BCUT2D eigenvalue weighted by Crippen LogP contribution is -2.51. The first kappa shape index (κ1) is 21.6. The summed E-state index contributed by atoms with van der Waals surface area (Å²) in [6, 6.07) is 6.33. The number of allylic oxidation sites excluding steroid dienone is 2. The number of rotatable bonds is 1. The van der Waals surface area contributed by atoms with Crippen molar-refractivity contribution in [3.05, 3.63) is 72.3 Å². The van der Waals surface area contributed by atoms with Gasteiger partial charge in [0, 0.05) is 39.4 Å². The summed E-state index contributed by atoms with van der Waals surface area (Å²) in [6.07, 6.45) is 7.94. The highest BCUT2D eigenvalue weighted by Crippen LogP contribution is 2.52. The van der Waals surface area contributed by atoms with E-state index in [1.165, 1.54) is 20.1 Å². The zero-order valence-electron chi connectivity index (χ0n) is 18.4. The molecule has 7 heteroatoms. The Morgan fingerprint density at radius 3 is 2.16 bits per heavy atom. The van der Waals surface area contributed by atoms with Gasteiger partial charge in [0.05, 0.1) is 9.27 Å². The molecule has 0 unspecified atom stereocenters. The molecule has 3 heterocycles. The smallest absolute Gasteiger partial charge is 0.389 e. The number of hydrogen-bond donors (Lipinski definition) is 0. The first-order valence-electron chi connectivity index (χ1n) is 11.6. The van der Waals surface area contributed by atoms with Crippen molar-refractivity contribution in [1.29, 1.82) is 0 Å². The van der Waals surface area contributed by atoms with E-state index in [2.05, 4.69) is 77.2 Å². The molecule has 2 aliphatic carbocycles. The van der Waals surface area contributed by atoms with Gasteiger partial charge in [-0.2, -0.15) is 0 Å². The zero-order chi connectivity index (χ0) is 22.4. The summed E-state index contributed by atoms with van der Waals surface area (Å²) in [6.45, 7) is 0.314. The Labute approximate surface area is 215 Å². The molecule has 0 saturated carbocycles. The van der Waals surface area contributed by atoms with Crippen LogP contribution in [0, 0.1) is 17.5 Å². The molecule has 0 saturated heterocycles. The maximum atomic E-state index is 16.5. The van der Waals surface area contributed by atoms with Crippen molar-refractivity contribution in [3.63, 3.8) is 0 Å². The molecule has 2 nitrogen and oxygen atoms in total. The quantitative estimate of drug-likeness (QED) is 0.225. The number of halogens is 4. The molecule has 4 aliphatic rings. The third-order valence-electron chi connectivity index (χ3n) is 7.74. The Morgan fingerprint density at radius 2 is 1.47 bits per heavy atom. The first-order valence-corrected chi connectivity index (χ1v) is 13.8. The molecule has 1 aromatic heterocycles. The molecular weight excluding hydrogens is 631 g/mol. The predicted octanol–water partition coefficient (Wildman–Crippen LogP) is 7.31. The maximum Gasteiger partial charge on any atom is 0.738 e. The van der Waals surface area contributed by atoms with E-state index in [9.17, 15) is 0 Å². The van der Waals surface area contributed by atoms with E-state index in [1.54, 1.807) is 0 Å². The van der Waals surface area contributed by atoms with Crippen molar-refractivity contribution in [2.24, 2.45) is 0 Å². The second kappa shape index (κ2) is 7.52. The van der Waals surface area contributed by atoms with E-state index in [1.807, 2.05) is 0 Å². The van der Waals surface area contributed by atoms with Crippen LogP contribution >= 0.6 is 45.2 Å². The van der Waals surface area contributed by atoms with Gasteiger partial charge in [-0.25, -0.2) is 0 Å². The van der Waals surface area contributed by atoms with Crippen LogP contribution in [0.25, 0.3) is 5.57 Å². The summed E-state index contributed by atoms with van der Waals surface area (Å²) in [5.74, 6) is 0. The molecule has 2 aliphatic heterocycles. The largest absolute Gasteiger partial charge is 0.738 e. The van der Waals surface area contributed by atoms with Crippen molar-refractivity contribution in [2.45, 2.75) is 65.2 Å². The molecule has 6 rings (SSSR count). The number of hydrogen-bond acceptors (Lipinski definition) is 0. The van der Waals surface area contributed by atoms with Crippen molar-refractivity contribution >= 4 is 61.4 Å². The standard InChI is InChI=1S/C25H25BF2I2N2/c1-14-8-7-9-15(2)20(14)21-22-16-10-3-5-12-18(16)24(29)31(22)26(27,28)32-23(21)17-11-4-6-13-19(17)25(32)30/h7-9H,3-6,10-13H2,1-2H3. The van der Waals surface area contributed by atoms with Crippen molar-refractivity contribution in [1.82, 2.24) is 4.48 Å². The number of fused-ring (bicyclic) bond motifs is 5. The minimum atomic E-state index is -3.94. The molecular formula is C25H25BF2I2N2. The molecule has 0 radical (unpaired) electrons. The van der Waals surface area contributed by atoms with E-state index in [0.29, 0.717) is 0 Å².